The van der Waals surface area contributed by atoms with Crippen LogP contribution in [0, 0.1) is 0 Å². The average molecular weight is 395 g/mol. The van der Waals surface area contributed by atoms with Crippen molar-refractivity contribution in [3.63, 3.8) is 0 Å². The van der Waals surface area contributed by atoms with E-state index in [1.165, 1.54) is 5.56 Å². The Morgan fingerprint density at radius 3 is 2.72 bits per heavy atom. The molecule has 2 rings (SSSR count). The zero-order chi connectivity index (χ0) is 17.9. The van der Waals surface area contributed by atoms with Gasteiger partial charge >= 0.3 is 0 Å². The molecule has 0 unspecified atom stereocenters. The summed E-state index contributed by atoms with van der Waals surface area (Å²) >= 11 is 13.4. The lowest BCUT2D eigenvalue weighted by molar-refractivity contribution is 0.342. The van der Waals surface area contributed by atoms with Crippen LogP contribution >= 0.6 is 35.6 Å². The fourth-order valence-electron chi connectivity index (χ4n) is 2.19. The molecule has 3 nitrogen and oxygen atoms in total. The van der Waals surface area contributed by atoms with Crippen LogP contribution in [0.15, 0.2) is 48.5 Å². The molecular formula is C19H23ClN2OS2. The van der Waals surface area contributed by atoms with E-state index in [-0.39, 0.29) is 0 Å². The predicted molar refractivity (Wildman–Crippen MR) is 114 cm³/mol. The highest BCUT2D eigenvalue weighted by molar-refractivity contribution is 7.98. The first-order valence-electron chi connectivity index (χ1n) is 8.28. The number of benzene rings is 2. The van der Waals surface area contributed by atoms with Gasteiger partial charge in [-0.15, -0.1) is 0 Å². The number of thioether (sulfide) groups is 1. The Balaban J connectivity index is 1.63. The Hall–Kier alpha value is -1.43. The van der Waals surface area contributed by atoms with Crippen LogP contribution in [0.2, 0.25) is 5.02 Å². The summed E-state index contributed by atoms with van der Waals surface area (Å²) in [7, 11) is 0. The number of para-hydroxylation sites is 2. The highest BCUT2D eigenvalue weighted by Crippen LogP contribution is 2.23. The van der Waals surface area contributed by atoms with E-state index in [2.05, 4.69) is 16.7 Å². The van der Waals surface area contributed by atoms with Crippen molar-refractivity contribution in [3.8, 4) is 5.75 Å². The Morgan fingerprint density at radius 1 is 1.16 bits per heavy atom. The van der Waals surface area contributed by atoms with Crippen LogP contribution in [0.4, 0.5) is 5.69 Å². The Labute approximate surface area is 164 Å². The molecule has 0 atom stereocenters. The molecule has 0 saturated heterocycles. The quantitative estimate of drug-likeness (QED) is 0.442. The van der Waals surface area contributed by atoms with E-state index in [1.807, 2.05) is 61.2 Å². The van der Waals surface area contributed by atoms with Crippen molar-refractivity contribution in [2.24, 2.45) is 0 Å². The molecule has 0 aliphatic heterocycles. The van der Waals surface area contributed by atoms with E-state index in [4.69, 9.17) is 28.6 Å². The van der Waals surface area contributed by atoms with Crippen molar-refractivity contribution in [2.45, 2.75) is 19.1 Å². The monoisotopic (exact) mass is 394 g/mol. The zero-order valence-electron chi connectivity index (χ0n) is 14.3. The van der Waals surface area contributed by atoms with Gasteiger partial charge in [0, 0.05) is 17.3 Å². The summed E-state index contributed by atoms with van der Waals surface area (Å²) in [5.41, 5.74) is 2.07. The molecule has 134 valence electrons. The minimum Gasteiger partial charge on any atom is -0.492 e. The molecule has 2 aromatic rings. The molecule has 0 aliphatic carbocycles. The average Bonchev–Trinajstić information content (AvgIpc) is 2.61. The number of halogens is 1. The zero-order valence-corrected chi connectivity index (χ0v) is 16.6. The van der Waals surface area contributed by atoms with E-state index in [0.717, 1.165) is 40.9 Å². The van der Waals surface area contributed by atoms with Gasteiger partial charge in [0.05, 0.1) is 12.3 Å². The van der Waals surface area contributed by atoms with Crippen molar-refractivity contribution in [1.29, 1.82) is 0 Å². The van der Waals surface area contributed by atoms with Crippen molar-refractivity contribution in [2.75, 3.05) is 24.2 Å². The number of hydrogen-bond donors (Lipinski definition) is 2. The second kappa shape index (κ2) is 11.2. The maximum Gasteiger partial charge on any atom is 0.170 e. The van der Waals surface area contributed by atoms with Crippen LogP contribution in [-0.4, -0.2) is 24.0 Å². The van der Waals surface area contributed by atoms with Gasteiger partial charge in [0.15, 0.2) is 5.11 Å². The number of thiocarbonyl (C=S) groups is 1. The molecule has 0 saturated carbocycles. The summed E-state index contributed by atoms with van der Waals surface area (Å²) in [4.78, 5) is 0. The molecule has 0 heterocycles. The van der Waals surface area contributed by atoms with Crippen LogP contribution in [0.3, 0.4) is 0 Å². The van der Waals surface area contributed by atoms with Gasteiger partial charge in [-0.1, -0.05) is 41.9 Å². The summed E-state index contributed by atoms with van der Waals surface area (Å²) in [6.07, 6.45) is 1.03. The number of anilines is 1. The van der Waals surface area contributed by atoms with Gasteiger partial charge in [0.2, 0.25) is 0 Å². The molecule has 6 heteroatoms. The molecule has 0 aliphatic rings. The minimum atomic E-state index is 0.614. The predicted octanol–water partition coefficient (Wildman–Crippen LogP) is 5.35. The molecule has 0 aromatic heterocycles. The van der Waals surface area contributed by atoms with Crippen molar-refractivity contribution in [3.05, 3.63) is 59.1 Å². The maximum absolute atomic E-state index is 6.16. The SMILES string of the molecule is CCOc1ccccc1NC(=S)NCCCSCc1ccccc1Cl. The summed E-state index contributed by atoms with van der Waals surface area (Å²) in [6.45, 7) is 3.42. The molecule has 0 radical (unpaired) electrons. The summed E-state index contributed by atoms with van der Waals surface area (Å²) in [6, 6.07) is 15.8. The third-order valence-electron chi connectivity index (χ3n) is 3.40. The number of rotatable bonds is 9. The summed E-state index contributed by atoms with van der Waals surface area (Å²) in [5, 5.41) is 7.88. The second-order valence-corrected chi connectivity index (χ2v) is 7.23. The van der Waals surface area contributed by atoms with E-state index in [0.29, 0.717) is 11.7 Å². The van der Waals surface area contributed by atoms with Crippen molar-refractivity contribution >= 4 is 46.4 Å². The number of nitrogens with one attached hydrogen (secondary N) is 2. The highest BCUT2D eigenvalue weighted by atomic mass is 35.5. The fraction of sp³-hybridized carbons (Fsp3) is 0.316. The summed E-state index contributed by atoms with van der Waals surface area (Å²) in [5.74, 6) is 2.80. The Bertz CT molecular complexity index is 682. The minimum absolute atomic E-state index is 0.614. The van der Waals surface area contributed by atoms with Crippen LogP contribution in [0.25, 0.3) is 0 Å². The first kappa shape index (κ1) is 19.9. The highest BCUT2D eigenvalue weighted by Gasteiger charge is 2.04. The first-order chi connectivity index (χ1) is 12.2. The van der Waals surface area contributed by atoms with Gasteiger partial charge in [0.1, 0.15) is 5.75 Å². The van der Waals surface area contributed by atoms with E-state index in [9.17, 15) is 0 Å². The lowest BCUT2D eigenvalue weighted by atomic mass is 10.2. The van der Waals surface area contributed by atoms with E-state index in [1.54, 1.807) is 0 Å². The van der Waals surface area contributed by atoms with Gasteiger partial charge in [-0.2, -0.15) is 11.8 Å². The Kier molecular flexibility index (Phi) is 8.94. The van der Waals surface area contributed by atoms with Gasteiger partial charge in [-0.25, -0.2) is 0 Å². The normalized spacial score (nSPS) is 10.3. The fourth-order valence-corrected chi connectivity index (χ4v) is 3.65. The molecule has 0 fully saturated rings. The molecular weight excluding hydrogens is 372 g/mol. The molecule has 2 aromatic carbocycles. The molecule has 0 spiro atoms. The van der Waals surface area contributed by atoms with Gasteiger partial charge in [0.25, 0.3) is 0 Å². The van der Waals surface area contributed by atoms with Crippen LogP contribution in [-0.2, 0) is 5.75 Å². The maximum atomic E-state index is 6.16. The van der Waals surface area contributed by atoms with E-state index >= 15 is 0 Å². The number of hydrogen-bond acceptors (Lipinski definition) is 3. The second-order valence-electron chi connectivity index (χ2n) is 5.31. The van der Waals surface area contributed by atoms with Crippen molar-refractivity contribution < 1.29 is 4.74 Å². The van der Waals surface area contributed by atoms with Gasteiger partial charge in [-0.05, 0) is 55.1 Å². The third kappa shape index (κ3) is 7.14. The first-order valence-corrected chi connectivity index (χ1v) is 10.2. The van der Waals surface area contributed by atoms with Gasteiger partial charge < -0.3 is 15.4 Å². The molecule has 2 N–H and O–H groups in total. The lowest BCUT2D eigenvalue weighted by Crippen LogP contribution is -2.29. The topological polar surface area (TPSA) is 33.3 Å². The van der Waals surface area contributed by atoms with Crippen LogP contribution < -0.4 is 15.4 Å². The molecule has 0 bridgehead atoms. The third-order valence-corrected chi connectivity index (χ3v) is 5.11. The van der Waals surface area contributed by atoms with Crippen LogP contribution in [0.5, 0.6) is 5.75 Å². The van der Waals surface area contributed by atoms with Crippen molar-refractivity contribution in [1.82, 2.24) is 5.32 Å². The van der Waals surface area contributed by atoms with Gasteiger partial charge in [-0.3, -0.25) is 0 Å². The summed E-state index contributed by atoms with van der Waals surface area (Å²) < 4.78 is 5.58. The van der Waals surface area contributed by atoms with Crippen LogP contribution in [0.1, 0.15) is 18.9 Å². The smallest absolute Gasteiger partial charge is 0.170 e. The number of ether oxygens (including phenoxy) is 1. The Morgan fingerprint density at radius 2 is 1.92 bits per heavy atom. The largest absolute Gasteiger partial charge is 0.492 e. The lowest BCUT2D eigenvalue weighted by Gasteiger charge is -2.14. The molecule has 0 amide bonds. The van der Waals surface area contributed by atoms with E-state index < -0.39 is 0 Å². The molecule has 25 heavy (non-hydrogen) atoms. The standard InChI is InChI=1S/C19H23ClN2OS2/c1-2-23-18-11-6-5-10-17(18)22-19(24)21-12-7-13-25-14-15-8-3-4-9-16(15)20/h3-6,8-11H,2,7,12-14H2,1H3,(H2,21,22,24).